The minimum Gasteiger partial charge on any atom is -0.459 e. The van der Waals surface area contributed by atoms with Gasteiger partial charge in [-0.05, 0) is 37.8 Å². The summed E-state index contributed by atoms with van der Waals surface area (Å²) in [5.41, 5.74) is 0.784. The number of furan rings is 1. The molecule has 5 nitrogen and oxygen atoms in total. The molecule has 1 aromatic carbocycles. The molecule has 126 valence electrons. The van der Waals surface area contributed by atoms with Crippen molar-refractivity contribution in [3.63, 3.8) is 0 Å². The molecule has 23 heavy (non-hydrogen) atoms. The molecule has 2 aromatic rings. The van der Waals surface area contributed by atoms with Crippen LogP contribution in [0.3, 0.4) is 0 Å². The van der Waals surface area contributed by atoms with E-state index in [9.17, 15) is 8.42 Å². The van der Waals surface area contributed by atoms with Crippen molar-refractivity contribution in [1.82, 2.24) is 8.61 Å². The number of hydrogen-bond acceptors (Lipinski definition) is 3. The molecule has 1 fully saturated rings. The van der Waals surface area contributed by atoms with Crippen molar-refractivity contribution < 1.29 is 12.8 Å². The summed E-state index contributed by atoms with van der Waals surface area (Å²) in [6.07, 6.45) is 2.02. The maximum Gasteiger partial charge on any atom is 0.282 e. The number of piperidine rings is 1. The standard InChI is InChI=1S/C17H24N2O3S/c1-13-7-6-10-19(12-13)23(20,21)18(3)14(2)17-11-15-8-4-5-9-16(15)22-17/h4-5,8-9,11,13-14H,6-7,10,12H2,1-3H3/t13-,14+/m1/s1. The fourth-order valence-electron chi connectivity index (χ4n) is 3.13. The molecule has 1 aromatic heterocycles. The van der Waals surface area contributed by atoms with Gasteiger partial charge in [-0.3, -0.25) is 0 Å². The first-order valence-electron chi connectivity index (χ1n) is 8.11. The van der Waals surface area contributed by atoms with Crippen LogP contribution in [0.2, 0.25) is 0 Å². The smallest absolute Gasteiger partial charge is 0.282 e. The van der Waals surface area contributed by atoms with E-state index in [0.29, 0.717) is 24.8 Å². The van der Waals surface area contributed by atoms with Gasteiger partial charge in [0, 0.05) is 25.5 Å². The number of benzene rings is 1. The molecule has 1 saturated heterocycles. The van der Waals surface area contributed by atoms with Gasteiger partial charge in [0.1, 0.15) is 11.3 Å². The lowest BCUT2D eigenvalue weighted by Crippen LogP contribution is -2.46. The number of fused-ring (bicyclic) bond motifs is 1. The Balaban J connectivity index is 1.84. The first-order chi connectivity index (χ1) is 10.9. The Hall–Kier alpha value is -1.37. The fraction of sp³-hybridized carbons (Fsp3) is 0.529. The highest BCUT2D eigenvalue weighted by molar-refractivity contribution is 7.86. The van der Waals surface area contributed by atoms with E-state index in [1.807, 2.05) is 37.3 Å². The van der Waals surface area contributed by atoms with Gasteiger partial charge < -0.3 is 4.42 Å². The van der Waals surface area contributed by atoms with Crippen LogP contribution >= 0.6 is 0 Å². The van der Waals surface area contributed by atoms with E-state index in [1.165, 1.54) is 4.31 Å². The Morgan fingerprint density at radius 3 is 2.78 bits per heavy atom. The molecule has 2 heterocycles. The highest BCUT2D eigenvalue weighted by Crippen LogP contribution is 2.30. The van der Waals surface area contributed by atoms with Gasteiger partial charge in [-0.2, -0.15) is 17.0 Å². The zero-order valence-corrected chi connectivity index (χ0v) is 14.7. The number of nitrogens with zero attached hydrogens (tertiary/aromatic N) is 2. The summed E-state index contributed by atoms with van der Waals surface area (Å²) in [5.74, 6) is 1.08. The van der Waals surface area contributed by atoms with Crippen molar-refractivity contribution in [2.45, 2.75) is 32.7 Å². The lowest BCUT2D eigenvalue weighted by atomic mass is 10.0. The van der Waals surface area contributed by atoms with E-state index < -0.39 is 10.2 Å². The lowest BCUT2D eigenvalue weighted by molar-refractivity contribution is 0.249. The van der Waals surface area contributed by atoms with Gasteiger partial charge in [0.25, 0.3) is 10.2 Å². The summed E-state index contributed by atoms with van der Waals surface area (Å²) in [6.45, 7) is 5.16. The third kappa shape index (κ3) is 3.16. The van der Waals surface area contributed by atoms with E-state index in [1.54, 1.807) is 11.4 Å². The normalized spacial score (nSPS) is 21.8. The van der Waals surface area contributed by atoms with Gasteiger partial charge in [0.05, 0.1) is 6.04 Å². The summed E-state index contributed by atoms with van der Waals surface area (Å²) >= 11 is 0. The number of hydrogen-bond donors (Lipinski definition) is 0. The molecule has 1 aliphatic rings. The van der Waals surface area contributed by atoms with Crippen LogP contribution in [0.15, 0.2) is 34.7 Å². The summed E-state index contributed by atoms with van der Waals surface area (Å²) in [6, 6.07) is 9.30. The van der Waals surface area contributed by atoms with Crippen LogP contribution in [0.1, 0.15) is 38.5 Å². The van der Waals surface area contributed by atoms with Crippen molar-refractivity contribution in [3.8, 4) is 0 Å². The van der Waals surface area contributed by atoms with Gasteiger partial charge in [-0.15, -0.1) is 0 Å². The zero-order valence-electron chi connectivity index (χ0n) is 13.9. The van der Waals surface area contributed by atoms with Crippen molar-refractivity contribution in [2.75, 3.05) is 20.1 Å². The van der Waals surface area contributed by atoms with E-state index in [2.05, 4.69) is 6.92 Å². The lowest BCUT2D eigenvalue weighted by Gasteiger charge is -2.34. The summed E-state index contributed by atoms with van der Waals surface area (Å²) in [4.78, 5) is 0. The average Bonchev–Trinajstić information content (AvgIpc) is 2.97. The molecule has 0 unspecified atom stereocenters. The average molecular weight is 336 g/mol. The molecule has 0 N–H and O–H groups in total. The molecule has 3 rings (SSSR count). The van der Waals surface area contributed by atoms with E-state index >= 15 is 0 Å². The maximum absolute atomic E-state index is 12.9. The Morgan fingerprint density at radius 2 is 2.09 bits per heavy atom. The molecule has 0 amide bonds. The van der Waals surface area contributed by atoms with Crippen LogP contribution in [-0.2, 0) is 10.2 Å². The third-order valence-electron chi connectivity index (χ3n) is 4.71. The molecule has 6 heteroatoms. The Kier molecular flexibility index (Phi) is 4.49. The van der Waals surface area contributed by atoms with Gasteiger partial charge in [-0.1, -0.05) is 25.1 Å². The van der Waals surface area contributed by atoms with Crippen molar-refractivity contribution in [2.24, 2.45) is 5.92 Å². The monoisotopic (exact) mass is 336 g/mol. The van der Waals surface area contributed by atoms with Gasteiger partial charge in [0.15, 0.2) is 0 Å². The zero-order chi connectivity index (χ0) is 16.6. The van der Waals surface area contributed by atoms with Crippen molar-refractivity contribution in [1.29, 1.82) is 0 Å². The summed E-state index contributed by atoms with van der Waals surface area (Å²) < 4.78 is 34.6. The second-order valence-electron chi connectivity index (χ2n) is 6.49. The number of para-hydroxylation sites is 1. The first-order valence-corrected chi connectivity index (χ1v) is 9.51. The van der Waals surface area contributed by atoms with E-state index in [0.717, 1.165) is 23.8 Å². The van der Waals surface area contributed by atoms with Gasteiger partial charge in [0.2, 0.25) is 0 Å². The van der Waals surface area contributed by atoms with Crippen LogP contribution in [0, 0.1) is 5.92 Å². The van der Waals surface area contributed by atoms with Gasteiger partial charge >= 0.3 is 0 Å². The van der Waals surface area contributed by atoms with Crippen molar-refractivity contribution in [3.05, 3.63) is 36.1 Å². The van der Waals surface area contributed by atoms with Crippen LogP contribution in [0.25, 0.3) is 11.0 Å². The van der Waals surface area contributed by atoms with Crippen LogP contribution < -0.4 is 0 Å². The second-order valence-corrected chi connectivity index (χ2v) is 8.48. The third-order valence-corrected chi connectivity index (χ3v) is 6.74. The quantitative estimate of drug-likeness (QED) is 0.860. The summed E-state index contributed by atoms with van der Waals surface area (Å²) in [7, 11) is -1.84. The highest BCUT2D eigenvalue weighted by atomic mass is 32.2. The van der Waals surface area contributed by atoms with E-state index in [-0.39, 0.29) is 6.04 Å². The van der Waals surface area contributed by atoms with Gasteiger partial charge in [-0.25, -0.2) is 0 Å². The molecular weight excluding hydrogens is 312 g/mol. The molecule has 0 radical (unpaired) electrons. The minimum absolute atomic E-state index is 0.343. The maximum atomic E-state index is 12.9. The Morgan fingerprint density at radius 1 is 1.35 bits per heavy atom. The molecular formula is C17H24N2O3S. The minimum atomic E-state index is -3.47. The Labute approximate surface area is 138 Å². The first kappa shape index (κ1) is 16.5. The molecule has 1 aliphatic heterocycles. The topological polar surface area (TPSA) is 53.8 Å². The molecule has 0 aliphatic carbocycles. The predicted octanol–water partition coefficient (Wildman–Crippen LogP) is 3.40. The van der Waals surface area contributed by atoms with Crippen molar-refractivity contribution >= 4 is 21.2 Å². The largest absolute Gasteiger partial charge is 0.459 e. The molecule has 0 bridgehead atoms. The second kappa shape index (κ2) is 6.26. The molecule has 2 atom stereocenters. The SMILES string of the molecule is C[C@@H]1CCCN(S(=O)(=O)N(C)[C@@H](C)c2cc3ccccc3o2)C1. The highest BCUT2D eigenvalue weighted by Gasteiger charge is 2.34. The summed E-state index contributed by atoms with van der Waals surface area (Å²) in [5, 5.41) is 0.992. The fourth-order valence-corrected chi connectivity index (χ4v) is 4.80. The van der Waals surface area contributed by atoms with E-state index in [4.69, 9.17) is 4.42 Å². The van der Waals surface area contributed by atoms with Crippen LogP contribution in [0.4, 0.5) is 0 Å². The molecule has 0 saturated carbocycles. The predicted molar refractivity (Wildman–Crippen MR) is 91.3 cm³/mol. The van der Waals surface area contributed by atoms with Crippen LogP contribution in [-0.4, -0.2) is 37.2 Å². The Bertz CT molecular complexity index is 751. The number of rotatable bonds is 4. The van der Waals surface area contributed by atoms with Crippen LogP contribution in [0.5, 0.6) is 0 Å². The molecule has 0 spiro atoms.